The Kier molecular flexibility index (Phi) is 10.5. The Morgan fingerprint density at radius 1 is 0.902 bits per heavy atom. The van der Waals surface area contributed by atoms with Crippen molar-refractivity contribution in [1.29, 1.82) is 0 Å². The van der Waals surface area contributed by atoms with Gasteiger partial charge >= 0.3 is 6.09 Å². The van der Waals surface area contributed by atoms with Gasteiger partial charge in [-0.2, -0.15) is 0 Å². The van der Waals surface area contributed by atoms with Gasteiger partial charge in [-0.3, -0.25) is 9.59 Å². The molecule has 0 spiro atoms. The molecule has 8 nitrogen and oxygen atoms in total. The topological polar surface area (TPSA) is 97.0 Å². The molecule has 0 aliphatic carbocycles. The third kappa shape index (κ3) is 8.83. The van der Waals surface area contributed by atoms with E-state index in [1.807, 2.05) is 69.3 Å². The highest BCUT2D eigenvalue weighted by atomic mass is 16.6. The van der Waals surface area contributed by atoms with Crippen LogP contribution in [0.3, 0.4) is 0 Å². The number of hydrogen-bond donors (Lipinski definition) is 2. The van der Waals surface area contributed by atoms with Gasteiger partial charge in [0, 0.05) is 18.7 Å². The van der Waals surface area contributed by atoms with Gasteiger partial charge in [0.25, 0.3) is 5.91 Å². The molecule has 3 rings (SSSR count). The standard InChI is InChI=1S/C33H41N3O5/c1-8-36(31(38)28(21-24-12-10-9-11-13-24)35-32(39)41-33(4,5)6)29(25-15-14-22(2)23(3)20-25)30(37)34-26-16-18-27(40-7)19-17-26/h9-20,28-29H,8,21H2,1-7H3,(H,34,37)(H,35,39). The van der Waals surface area contributed by atoms with Crippen LogP contribution >= 0.6 is 0 Å². The van der Waals surface area contributed by atoms with Gasteiger partial charge in [-0.1, -0.05) is 48.5 Å². The summed E-state index contributed by atoms with van der Waals surface area (Å²) in [6.07, 6.45) is -0.469. The normalized spacial score (nSPS) is 12.6. The number of carbonyl (C=O) groups is 3. The zero-order chi connectivity index (χ0) is 30.2. The van der Waals surface area contributed by atoms with Crippen molar-refractivity contribution in [3.63, 3.8) is 0 Å². The molecule has 0 aliphatic heterocycles. The minimum atomic E-state index is -0.963. The summed E-state index contributed by atoms with van der Waals surface area (Å²) in [5, 5.41) is 5.72. The molecule has 3 aromatic carbocycles. The Balaban J connectivity index is 2.01. The molecule has 0 bridgehead atoms. The number of nitrogens with zero attached hydrogens (tertiary/aromatic N) is 1. The number of hydrogen-bond acceptors (Lipinski definition) is 5. The van der Waals surface area contributed by atoms with Crippen LogP contribution in [0, 0.1) is 13.8 Å². The van der Waals surface area contributed by atoms with Crippen LogP contribution in [0.15, 0.2) is 72.8 Å². The number of carbonyl (C=O) groups excluding carboxylic acids is 3. The molecule has 0 saturated carbocycles. The maximum absolute atomic E-state index is 14.2. The molecule has 8 heteroatoms. The smallest absolute Gasteiger partial charge is 0.408 e. The van der Waals surface area contributed by atoms with Crippen LogP contribution < -0.4 is 15.4 Å². The summed E-state index contributed by atoms with van der Waals surface area (Å²) in [5.74, 6) is -0.101. The van der Waals surface area contributed by atoms with Crippen molar-refractivity contribution in [3.05, 3.63) is 95.1 Å². The van der Waals surface area contributed by atoms with Crippen LogP contribution in [-0.2, 0) is 20.7 Å². The summed E-state index contributed by atoms with van der Waals surface area (Å²) in [7, 11) is 1.57. The summed E-state index contributed by atoms with van der Waals surface area (Å²) in [4.78, 5) is 42.5. The number of anilines is 1. The zero-order valence-corrected chi connectivity index (χ0v) is 25.0. The summed E-state index contributed by atoms with van der Waals surface area (Å²) in [6.45, 7) is 11.3. The molecule has 0 radical (unpaired) electrons. The molecule has 0 saturated heterocycles. The first-order valence-electron chi connectivity index (χ1n) is 13.8. The Morgan fingerprint density at radius 3 is 2.12 bits per heavy atom. The number of nitrogens with one attached hydrogen (secondary N) is 2. The number of methoxy groups -OCH3 is 1. The molecule has 3 aromatic rings. The van der Waals surface area contributed by atoms with E-state index in [1.54, 1.807) is 52.1 Å². The van der Waals surface area contributed by atoms with E-state index < -0.39 is 29.7 Å². The van der Waals surface area contributed by atoms with Crippen molar-refractivity contribution in [2.24, 2.45) is 0 Å². The number of aryl methyl sites for hydroxylation is 2. The first kappa shape index (κ1) is 31.2. The molecule has 2 N–H and O–H groups in total. The molecule has 41 heavy (non-hydrogen) atoms. The Morgan fingerprint density at radius 2 is 1.56 bits per heavy atom. The minimum absolute atomic E-state index is 0.230. The van der Waals surface area contributed by atoms with Gasteiger partial charge in [-0.05, 0) is 88.1 Å². The third-order valence-electron chi connectivity index (χ3n) is 6.66. The van der Waals surface area contributed by atoms with Gasteiger partial charge < -0.3 is 25.0 Å². The van der Waals surface area contributed by atoms with Crippen LogP contribution in [0.1, 0.15) is 56.0 Å². The predicted octanol–water partition coefficient (Wildman–Crippen LogP) is 5.98. The van der Waals surface area contributed by atoms with Gasteiger partial charge in [0.2, 0.25) is 5.91 Å². The molecule has 0 fully saturated rings. The SMILES string of the molecule is CCN(C(=O)C(Cc1ccccc1)NC(=O)OC(C)(C)C)C(C(=O)Nc1ccc(OC)cc1)c1ccc(C)c(C)c1. The molecule has 0 aliphatic rings. The number of likely N-dealkylation sites (N-methyl/N-ethyl adjacent to an activating group) is 1. The van der Waals surface area contributed by atoms with Crippen LogP contribution in [0.25, 0.3) is 0 Å². The highest BCUT2D eigenvalue weighted by molar-refractivity contribution is 5.99. The predicted molar refractivity (Wildman–Crippen MR) is 161 cm³/mol. The number of alkyl carbamates (subject to hydrolysis) is 1. The van der Waals surface area contributed by atoms with Crippen molar-refractivity contribution in [2.45, 2.75) is 65.6 Å². The number of amides is 3. The lowest BCUT2D eigenvalue weighted by molar-refractivity contribution is -0.140. The Hall–Kier alpha value is -4.33. The number of rotatable bonds is 10. The molecular formula is C33H41N3O5. The van der Waals surface area contributed by atoms with E-state index in [4.69, 9.17) is 9.47 Å². The molecule has 2 unspecified atom stereocenters. The van der Waals surface area contributed by atoms with Gasteiger partial charge in [-0.25, -0.2) is 4.79 Å². The largest absolute Gasteiger partial charge is 0.497 e. The molecule has 218 valence electrons. The molecule has 0 heterocycles. The van der Waals surface area contributed by atoms with Gasteiger partial charge in [-0.15, -0.1) is 0 Å². The summed E-state index contributed by atoms with van der Waals surface area (Å²) in [6, 6.07) is 20.2. The Bertz CT molecular complexity index is 1330. The first-order chi connectivity index (χ1) is 19.4. The van der Waals surface area contributed by atoms with Crippen LogP contribution in [-0.4, -0.2) is 48.1 Å². The molecule has 2 atom stereocenters. The fraction of sp³-hybridized carbons (Fsp3) is 0.364. The second-order valence-electron chi connectivity index (χ2n) is 11.0. The van der Waals surface area contributed by atoms with E-state index in [-0.39, 0.29) is 18.9 Å². The quantitative estimate of drug-likeness (QED) is 0.319. The molecular weight excluding hydrogens is 518 g/mol. The second kappa shape index (κ2) is 13.8. The summed E-state index contributed by atoms with van der Waals surface area (Å²) in [5.41, 5.74) is 3.44. The van der Waals surface area contributed by atoms with Crippen molar-refractivity contribution in [3.8, 4) is 5.75 Å². The van der Waals surface area contributed by atoms with E-state index >= 15 is 0 Å². The van der Waals surface area contributed by atoms with Crippen LogP contribution in [0.2, 0.25) is 0 Å². The van der Waals surface area contributed by atoms with Crippen molar-refractivity contribution >= 4 is 23.6 Å². The van der Waals surface area contributed by atoms with Crippen molar-refractivity contribution < 1.29 is 23.9 Å². The Labute approximate surface area is 243 Å². The van der Waals surface area contributed by atoms with Crippen LogP contribution in [0.5, 0.6) is 5.75 Å². The van der Waals surface area contributed by atoms with Gasteiger partial charge in [0.05, 0.1) is 7.11 Å². The number of benzene rings is 3. The monoisotopic (exact) mass is 559 g/mol. The average molecular weight is 560 g/mol. The fourth-order valence-electron chi connectivity index (χ4n) is 4.46. The van der Waals surface area contributed by atoms with E-state index in [2.05, 4.69) is 10.6 Å². The average Bonchev–Trinajstić information content (AvgIpc) is 2.92. The van der Waals surface area contributed by atoms with E-state index in [9.17, 15) is 14.4 Å². The zero-order valence-electron chi connectivity index (χ0n) is 25.0. The fourth-order valence-corrected chi connectivity index (χ4v) is 4.46. The van der Waals surface area contributed by atoms with E-state index in [1.165, 1.54) is 4.90 Å². The van der Waals surface area contributed by atoms with E-state index in [0.29, 0.717) is 17.0 Å². The lowest BCUT2D eigenvalue weighted by Gasteiger charge is -2.34. The summed E-state index contributed by atoms with van der Waals surface area (Å²) >= 11 is 0. The minimum Gasteiger partial charge on any atom is -0.497 e. The van der Waals surface area contributed by atoms with Gasteiger partial charge in [0.1, 0.15) is 23.4 Å². The lowest BCUT2D eigenvalue weighted by Crippen LogP contribution is -2.53. The highest BCUT2D eigenvalue weighted by Gasteiger charge is 2.36. The van der Waals surface area contributed by atoms with Crippen molar-refractivity contribution in [2.75, 3.05) is 19.0 Å². The number of ether oxygens (including phenoxy) is 2. The second-order valence-corrected chi connectivity index (χ2v) is 11.0. The lowest BCUT2D eigenvalue weighted by atomic mass is 9.97. The van der Waals surface area contributed by atoms with E-state index in [0.717, 1.165) is 16.7 Å². The molecule has 0 aromatic heterocycles. The van der Waals surface area contributed by atoms with Gasteiger partial charge in [0.15, 0.2) is 0 Å². The maximum atomic E-state index is 14.2. The van der Waals surface area contributed by atoms with Crippen LogP contribution in [0.4, 0.5) is 10.5 Å². The summed E-state index contributed by atoms with van der Waals surface area (Å²) < 4.78 is 10.7. The maximum Gasteiger partial charge on any atom is 0.408 e. The highest BCUT2D eigenvalue weighted by Crippen LogP contribution is 2.27. The van der Waals surface area contributed by atoms with Crippen molar-refractivity contribution in [1.82, 2.24) is 10.2 Å². The first-order valence-corrected chi connectivity index (χ1v) is 13.8. The molecule has 3 amide bonds. The third-order valence-corrected chi connectivity index (χ3v) is 6.66.